The fraction of sp³-hybridized carbons (Fsp3) is 0.0833. The molecule has 0 spiro atoms. The van der Waals surface area contributed by atoms with Crippen molar-refractivity contribution in [1.82, 2.24) is 4.98 Å². The molecule has 5 nitrogen and oxygen atoms in total. The van der Waals surface area contributed by atoms with E-state index in [1.807, 2.05) is 6.92 Å². The summed E-state index contributed by atoms with van der Waals surface area (Å²) in [7, 11) is -3.80. The molecule has 1 heterocycles. The number of aromatic nitrogens is 1. The molecule has 2 aromatic rings. The molecule has 0 aliphatic heterocycles. The molecule has 0 aliphatic carbocycles. The Labute approximate surface area is 104 Å². The molecule has 0 atom stereocenters. The fourth-order valence-electron chi connectivity index (χ4n) is 1.59. The third-order valence-electron chi connectivity index (χ3n) is 2.54. The highest BCUT2D eigenvalue weighted by molar-refractivity contribution is 7.91. The molecule has 0 aliphatic rings. The lowest BCUT2D eigenvalue weighted by Gasteiger charge is -2.04. The van der Waals surface area contributed by atoms with E-state index < -0.39 is 15.8 Å². The first-order valence-corrected chi connectivity index (χ1v) is 6.63. The molecule has 94 valence electrons. The highest BCUT2D eigenvalue weighted by atomic mass is 32.2. The number of H-pyrrole nitrogens is 1. The minimum absolute atomic E-state index is 0.0789. The Morgan fingerprint density at radius 1 is 1.17 bits per heavy atom. The van der Waals surface area contributed by atoms with E-state index in [4.69, 9.17) is 5.11 Å². The van der Waals surface area contributed by atoms with Crippen molar-refractivity contribution in [3.05, 3.63) is 47.8 Å². The van der Waals surface area contributed by atoms with Crippen LogP contribution in [0.2, 0.25) is 0 Å². The van der Waals surface area contributed by atoms with Crippen LogP contribution in [-0.4, -0.2) is 24.5 Å². The average molecular weight is 265 g/mol. The first kappa shape index (κ1) is 12.4. The van der Waals surface area contributed by atoms with E-state index in [0.29, 0.717) is 0 Å². The first-order chi connectivity index (χ1) is 8.43. The van der Waals surface area contributed by atoms with Gasteiger partial charge in [-0.05, 0) is 25.1 Å². The van der Waals surface area contributed by atoms with Crippen LogP contribution in [0.4, 0.5) is 0 Å². The van der Waals surface area contributed by atoms with Gasteiger partial charge in [-0.1, -0.05) is 17.7 Å². The number of aromatic carboxylic acids is 1. The number of carboxylic acid groups (broad SMARTS) is 1. The summed E-state index contributed by atoms with van der Waals surface area (Å²) in [6.45, 7) is 1.84. The van der Waals surface area contributed by atoms with Crippen LogP contribution in [0, 0.1) is 6.92 Å². The SMILES string of the molecule is Cc1ccc(S(=O)(=O)c2cc[nH]c2C(=O)O)cc1. The third-order valence-corrected chi connectivity index (χ3v) is 4.36. The van der Waals surface area contributed by atoms with E-state index in [2.05, 4.69) is 4.98 Å². The maximum atomic E-state index is 12.2. The van der Waals surface area contributed by atoms with Gasteiger partial charge in [-0.2, -0.15) is 0 Å². The molecule has 0 bridgehead atoms. The predicted molar refractivity (Wildman–Crippen MR) is 64.4 cm³/mol. The molecule has 0 unspecified atom stereocenters. The zero-order valence-electron chi connectivity index (χ0n) is 9.54. The summed E-state index contributed by atoms with van der Waals surface area (Å²) in [5, 5.41) is 8.91. The lowest BCUT2D eigenvalue weighted by atomic mass is 10.2. The Hall–Kier alpha value is -2.08. The van der Waals surface area contributed by atoms with Crippen molar-refractivity contribution < 1.29 is 18.3 Å². The largest absolute Gasteiger partial charge is 0.477 e. The van der Waals surface area contributed by atoms with E-state index in [1.165, 1.54) is 24.4 Å². The maximum Gasteiger partial charge on any atom is 0.353 e. The van der Waals surface area contributed by atoms with Gasteiger partial charge in [-0.3, -0.25) is 0 Å². The van der Waals surface area contributed by atoms with Gasteiger partial charge in [0.1, 0.15) is 10.6 Å². The van der Waals surface area contributed by atoms with E-state index in [-0.39, 0.29) is 15.5 Å². The molecule has 0 fully saturated rings. The molecule has 0 amide bonds. The van der Waals surface area contributed by atoms with E-state index in [0.717, 1.165) is 5.56 Å². The molecule has 2 rings (SSSR count). The lowest BCUT2D eigenvalue weighted by molar-refractivity contribution is 0.0687. The molecule has 0 radical (unpaired) electrons. The molecule has 6 heteroatoms. The van der Waals surface area contributed by atoms with Crippen LogP contribution in [0.25, 0.3) is 0 Å². The normalized spacial score (nSPS) is 11.4. The summed E-state index contributed by atoms with van der Waals surface area (Å²) >= 11 is 0. The summed E-state index contributed by atoms with van der Waals surface area (Å²) in [5.41, 5.74) is 0.608. The number of hydrogen-bond acceptors (Lipinski definition) is 3. The van der Waals surface area contributed by atoms with Gasteiger partial charge in [0.15, 0.2) is 0 Å². The number of benzene rings is 1. The zero-order valence-corrected chi connectivity index (χ0v) is 10.4. The fourth-order valence-corrected chi connectivity index (χ4v) is 3.00. The van der Waals surface area contributed by atoms with Crippen LogP contribution in [-0.2, 0) is 9.84 Å². The van der Waals surface area contributed by atoms with Gasteiger partial charge in [0.2, 0.25) is 9.84 Å². The van der Waals surface area contributed by atoms with Crippen molar-refractivity contribution in [3.63, 3.8) is 0 Å². The van der Waals surface area contributed by atoms with Crippen molar-refractivity contribution in [2.45, 2.75) is 16.7 Å². The first-order valence-electron chi connectivity index (χ1n) is 5.15. The van der Waals surface area contributed by atoms with E-state index in [9.17, 15) is 13.2 Å². The quantitative estimate of drug-likeness (QED) is 0.886. The Bertz CT molecular complexity index is 683. The summed E-state index contributed by atoms with van der Waals surface area (Å²) in [4.78, 5) is 13.2. The van der Waals surface area contributed by atoms with Crippen LogP contribution >= 0.6 is 0 Å². The number of sulfone groups is 1. The number of carboxylic acids is 1. The predicted octanol–water partition coefficient (Wildman–Crippen LogP) is 1.85. The van der Waals surface area contributed by atoms with Crippen LogP contribution < -0.4 is 0 Å². The van der Waals surface area contributed by atoms with Gasteiger partial charge in [0.05, 0.1) is 4.90 Å². The van der Waals surface area contributed by atoms with Gasteiger partial charge in [0.25, 0.3) is 0 Å². The van der Waals surface area contributed by atoms with Crippen LogP contribution in [0.15, 0.2) is 46.3 Å². The number of aromatic amines is 1. The van der Waals surface area contributed by atoms with Gasteiger partial charge >= 0.3 is 5.97 Å². The summed E-state index contributed by atoms with van der Waals surface area (Å²) in [5.74, 6) is -1.30. The van der Waals surface area contributed by atoms with Crippen molar-refractivity contribution in [1.29, 1.82) is 0 Å². The highest BCUT2D eigenvalue weighted by Gasteiger charge is 2.25. The number of nitrogens with one attached hydrogen (secondary N) is 1. The van der Waals surface area contributed by atoms with Crippen LogP contribution in [0.5, 0.6) is 0 Å². The van der Waals surface area contributed by atoms with Crippen molar-refractivity contribution >= 4 is 15.8 Å². The number of rotatable bonds is 3. The molecule has 1 aromatic heterocycles. The summed E-state index contributed by atoms with van der Waals surface area (Å²) < 4.78 is 24.5. The molecular formula is C12H11NO4S. The summed E-state index contributed by atoms with van der Waals surface area (Å²) in [6.07, 6.45) is 1.30. The van der Waals surface area contributed by atoms with Crippen molar-refractivity contribution in [2.24, 2.45) is 0 Å². The molecule has 0 saturated heterocycles. The molecular weight excluding hydrogens is 254 g/mol. The monoisotopic (exact) mass is 265 g/mol. The van der Waals surface area contributed by atoms with E-state index in [1.54, 1.807) is 12.1 Å². The molecule has 18 heavy (non-hydrogen) atoms. The molecule has 0 saturated carbocycles. The molecule has 1 aromatic carbocycles. The Morgan fingerprint density at radius 2 is 1.78 bits per heavy atom. The highest BCUT2D eigenvalue weighted by Crippen LogP contribution is 2.23. The number of carbonyl (C=O) groups is 1. The summed E-state index contributed by atoms with van der Waals surface area (Å²) in [6, 6.07) is 7.51. The van der Waals surface area contributed by atoms with Crippen molar-refractivity contribution in [3.8, 4) is 0 Å². The van der Waals surface area contributed by atoms with Crippen LogP contribution in [0.1, 0.15) is 16.1 Å². The van der Waals surface area contributed by atoms with Gasteiger partial charge < -0.3 is 10.1 Å². The topological polar surface area (TPSA) is 87.2 Å². The average Bonchev–Trinajstić information content (AvgIpc) is 2.79. The minimum atomic E-state index is -3.80. The smallest absolute Gasteiger partial charge is 0.353 e. The van der Waals surface area contributed by atoms with E-state index >= 15 is 0 Å². The molecule has 2 N–H and O–H groups in total. The Kier molecular flexibility index (Phi) is 2.96. The van der Waals surface area contributed by atoms with Crippen LogP contribution in [0.3, 0.4) is 0 Å². The minimum Gasteiger partial charge on any atom is -0.477 e. The van der Waals surface area contributed by atoms with Gasteiger partial charge in [-0.25, -0.2) is 13.2 Å². The standard InChI is InChI=1S/C12H11NO4S/c1-8-2-4-9(5-3-8)18(16,17)10-6-7-13-11(10)12(14)15/h2-7,13H,1H3,(H,14,15). The number of hydrogen-bond donors (Lipinski definition) is 2. The second-order valence-electron chi connectivity index (χ2n) is 3.84. The Balaban J connectivity index is 2.58. The zero-order chi connectivity index (χ0) is 13.3. The maximum absolute atomic E-state index is 12.2. The van der Waals surface area contributed by atoms with Gasteiger partial charge in [0, 0.05) is 6.20 Å². The third kappa shape index (κ3) is 2.02. The second-order valence-corrected chi connectivity index (χ2v) is 5.76. The van der Waals surface area contributed by atoms with Gasteiger partial charge in [-0.15, -0.1) is 0 Å². The Morgan fingerprint density at radius 3 is 2.33 bits per heavy atom. The van der Waals surface area contributed by atoms with Crippen molar-refractivity contribution in [2.75, 3.05) is 0 Å². The lowest BCUT2D eigenvalue weighted by Crippen LogP contribution is -2.08. The second kappa shape index (κ2) is 4.30. The number of aryl methyl sites for hydroxylation is 1.